The van der Waals surface area contributed by atoms with Gasteiger partial charge in [-0.05, 0) is 19.1 Å². The van der Waals surface area contributed by atoms with Crippen LogP contribution in [-0.4, -0.2) is 49.0 Å². The van der Waals surface area contributed by atoms with Crippen LogP contribution in [0.4, 0.5) is 0 Å². The van der Waals surface area contributed by atoms with Gasteiger partial charge in [-0.15, -0.1) is 12.4 Å². The van der Waals surface area contributed by atoms with Crippen molar-refractivity contribution in [1.82, 2.24) is 10.6 Å². The number of para-hydroxylation sites is 2. The molecular formula is C15H21ClN2O4. The number of ether oxygens (including phenoxy) is 2. The third-order valence-corrected chi connectivity index (χ3v) is 3.94. The number of carbonyl (C=O) groups excluding carboxylic acids is 1. The van der Waals surface area contributed by atoms with Crippen LogP contribution in [0.25, 0.3) is 0 Å². The smallest absolute Gasteiger partial charge is 0.265 e. The zero-order valence-corrected chi connectivity index (χ0v) is 13.1. The number of halogens is 1. The van der Waals surface area contributed by atoms with Gasteiger partial charge in [0.1, 0.15) is 6.10 Å². The lowest BCUT2D eigenvalue weighted by molar-refractivity contribution is -0.133. The van der Waals surface area contributed by atoms with Gasteiger partial charge < -0.3 is 25.2 Å². The van der Waals surface area contributed by atoms with Crippen LogP contribution in [0.3, 0.4) is 0 Å². The number of aliphatic hydroxyl groups excluding tert-OH is 1. The normalized spacial score (nSPS) is 29.5. The maximum atomic E-state index is 12.3. The molecular weight excluding hydrogens is 308 g/mol. The third-order valence-electron chi connectivity index (χ3n) is 3.94. The van der Waals surface area contributed by atoms with Crippen molar-refractivity contribution in [3.63, 3.8) is 0 Å². The van der Waals surface area contributed by atoms with Crippen molar-refractivity contribution in [1.29, 1.82) is 0 Å². The molecule has 0 spiro atoms. The predicted molar refractivity (Wildman–Crippen MR) is 83.6 cm³/mol. The molecule has 1 fully saturated rings. The quantitative estimate of drug-likeness (QED) is 0.745. The van der Waals surface area contributed by atoms with E-state index in [1.54, 1.807) is 6.07 Å². The number of β-amino-alcohol motifs (C(OH)–C–C–N with tert-alkyl or cyclic N) is 1. The number of carbonyl (C=O) groups is 1. The van der Waals surface area contributed by atoms with Crippen molar-refractivity contribution in [3.8, 4) is 11.5 Å². The van der Waals surface area contributed by atoms with Crippen molar-refractivity contribution in [3.05, 3.63) is 24.3 Å². The first-order valence-corrected chi connectivity index (χ1v) is 7.24. The molecule has 0 aliphatic carbocycles. The molecule has 1 aromatic carbocycles. The molecule has 0 saturated carbocycles. The summed E-state index contributed by atoms with van der Waals surface area (Å²) in [6.45, 7) is 3.53. The second-order valence-electron chi connectivity index (χ2n) is 5.54. The number of hydrogen-bond donors (Lipinski definition) is 3. The van der Waals surface area contributed by atoms with Crippen molar-refractivity contribution >= 4 is 18.3 Å². The topological polar surface area (TPSA) is 79.8 Å². The first-order chi connectivity index (χ1) is 10.1. The fraction of sp³-hybridized carbons (Fsp3) is 0.533. The first-order valence-electron chi connectivity index (χ1n) is 7.24. The molecule has 3 N–H and O–H groups in total. The summed E-state index contributed by atoms with van der Waals surface area (Å²) in [6, 6.07) is 7.31. The van der Waals surface area contributed by atoms with Crippen LogP contribution in [0.15, 0.2) is 24.3 Å². The van der Waals surface area contributed by atoms with Crippen LogP contribution in [0.2, 0.25) is 0 Å². The van der Waals surface area contributed by atoms with Gasteiger partial charge in [-0.1, -0.05) is 12.1 Å². The van der Waals surface area contributed by atoms with Gasteiger partial charge in [0.25, 0.3) is 5.91 Å². The monoisotopic (exact) mass is 328 g/mol. The minimum absolute atomic E-state index is 0. The number of hydrogen-bond acceptors (Lipinski definition) is 5. The molecule has 0 bridgehead atoms. The third kappa shape index (κ3) is 3.45. The molecule has 1 saturated heterocycles. The van der Waals surface area contributed by atoms with E-state index in [0.29, 0.717) is 31.1 Å². The molecule has 2 heterocycles. The van der Waals surface area contributed by atoms with Gasteiger partial charge >= 0.3 is 0 Å². The molecule has 2 aliphatic heterocycles. The number of amides is 1. The molecule has 3 rings (SSSR count). The predicted octanol–water partition coefficient (Wildman–Crippen LogP) is 0.333. The molecule has 4 unspecified atom stereocenters. The van der Waals surface area contributed by atoms with Gasteiger partial charge in [-0.3, -0.25) is 4.79 Å². The van der Waals surface area contributed by atoms with E-state index in [9.17, 15) is 9.90 Å². The molecule has 2 aliphatic rings. The lowest BCUT2D eigenvalue weighted by Gasteiger charge is -2.31. The van der Waals surface area contributed by atoms with Gasteiger partial charge in [0.15, 0.2) is 11.5 Å². The summed E-state index contributed by atoms with van der Waals surface area (Å²) in [5, 5.41) is 15.7. The van der Waals surface area contributed by atoms with Crippen molar-refractivity contribution in [2.45, 2.75) is 25.2 Å². The van der Waals surface area contributed by atoms with E-state index < -0.39 is 12.2 Å². The first kappa shape index (κ1) is 16.9. The fourth-order valence-corrected chi connectivity index (χ4v) is 2.67. The Balaban J connectivity index is 0.00000176. The van der Waals surface area contributed by atoms with Crippen LogP contribution >= 0.6 is 12.4 Å². The standard InChI is InChI=1S/C15H20N2O4.ClH/c1-9-14(21-13-5-3-2-4-12(13)20-9)15(19)17-7-10-6-16-8-11(10)18;/h2-5,9-11,14,16,18H,6-8H2,1H3,(H,17,19);1H. The van der Waals surface area contributed by atoms with Crippen molar-refractivity contribution in [2.24, 2.45) is 5.92 Å². The van der Waals surface area contributed by atoms with Crippen LogP contribution < -0.4 is 20.1 Å². The molecule has 122 valence electrons. The minimum Gasteiger partial charge on any atom is -0.482 e. The summed E-state index contributed by atoms with van der Waals surface area (Å²) < 4.78 is 11.4. The van der Waals surface area contributed by atoms with Gasteiger partial charge in [0.05, 0.1) is 6.10 Å². The molecule has 0 aromatic heterocycles. The lowest BCUT2D eigenvalue weighted by atomic mass is 10.1. The van der Waals surface area contributed by atoms with E-state index in [0.717, 1.165) is 0 Å². The Bertz CT molecular complexity index is 528. The van der Waals surface area contributed by atoms with E-state index in [1.807, 2.05) is 25.1 Å². The maximum absolute atomic E-state index is 12.3. The number of aliphatic hydroxyl groups is 1. The van der Waals surface area contributed by atoms with E-state index in [2.05, 4.69) is 10.6 Å². The molecule has 4 atom stereocenters. The maximum Gasteiger partial charge on any atom is 0.265 e. The summed E-state index contributed by atoms with van der Waals surface area (Å²) in [5.41, 5.74) is 0. The highest BCUT2D eigenvalue weighted by atomic mass is 35.5. The highest BCUT2D eigenvalue weighted by Crippen LogP contribution is 2.33. The second kappa shape index (κ2) is 7.17. The molecule has 1 amide bonds. The van der Waals surface area contributed by atoms with Gasteiger partial charge in [-0.25, -0.2) is 0 Å². The minimum atomic E-state index is -0.675. The largest absolute Gasteiger partial charge is 0.482 e. The number of rotatable bonds is 3. The summed E-state index contributed by atoms with van der Waals surface area (Å²) in [7, 11) is 0. The van der Waals surface area contributed by atoms with Gasteiger partial charge in [0, 0.05) is 25.6 Å². The van der Waals surface area contributed by atoms with E-state index in [4.69, 9.17) is 9.47 Å². The van der Waals surface area contributed by atoms with E-state index in [-0.39, 0.29) is 30.3 Å². The zero-order valence-electron chi connectivity index (χ0n) is 12.3. The Morgan fingerprint density at radius 3 is 2.64 bits per heavy atom. The Morgan fingerprint density at radius 2 is 2.00 bits per heavy atom. The van der Waals surface area contributed by atoms with Crippen LogP contribution in [0, 0.1) is 5.92 Å². The number of benzene rings is 1. The van der Waals surface area contributed by atoms with Gasteiger partial charge in [-0.2, -0.15) is 0 Å². The number of nitrogens with one attached hydrogen (secondary N) is 2. The molecule has 6 nitrogen and oxygen atoms in total. The fourth-order valence-electron chi connectivity index (χ4n) is 2.67. The Hall–Kier alpha value is -1.50. The molecule has 0 radical (unpaired) electrons. The van der Waals surface area contributed by atoms with Crippen molar-refractivity contribution < 1.29 is 19.4 Å². The summed E-state index contributed by atoms with van der Waals surface area (Å²) >= 11 is 0. The number of fused-ring (bicyclic) bond motifs is 1. The van der Waals surface area contributed by atoms with Crippen LogP contribution in [-0.2, 0) is 4.79 Å². The van der Waals surface area contributed by atoms with Crippen LogP contribution in [0.5, 0.6) is 11.5 Å². The lowest BCUT2D eigenvalue weighted by Crippen LogP contribution is -2.50. The Kier molecular flexibility index (Phi) is 5.50. The average molecular weight is 329 g/mol. The van der Waals surface area contributed by atoms with Gasteiger partial charge in [0.2, 0.25) is 6.10 Å². The Morgan fingerprint density at radius 1 is 1.32 bits per heavy atom. The van der Waals surface area contributed by atoms with Crippen LogP contribution in [0.1, 0.15) is 6.92 Å². The highest BCUT2D eigenvalue weighted by molar-refractivity contribution is 5.85. The van der Waals surface area contributed by atoms with E-state index in [1.165, 1.54) is 0 Å². The molecule has 22 heavy (non-hydrogen) atoms. The average Bonchev–Trinajstić information content (AvgIpc) is 2.89. The summed E-state index contributed by atoms with van der Waals surface area (Å²) in [4.78, 5) is 12.3. The zero-order chi connectivity index (χ0) is 14.8. The van der Waals surface area contributed by atoms with Crippen molar-refractivity contribution in [2.75, 3.05) is 19.6 Å². The highest BCUT2D eigenvalue weighted by Gasteiger charge is 2.35. The molecule has 7 heteroatoms. The Labute approximate surface area is 135 Å². The van der Waals surface area contributed by atoms with E-state index >= 15 is 0 Å². The SMILES string of the molecule is CC1Oc2ccccc2OC1C(=O)NCC1CNCC1O.Cl. The summed E-state index contributed by atoms with van der Waals surface area (Å²) in [6.07, 6.45) is -1.44. The second-order valence-corrected chi connectivity index (χ2v) is 5.54. The molecule has 1 aromatic rings. The summed E-state index contributed by atoms with van der Waals surface area (Å²) in [5.74, 6) is 1.07.